The van der Waals surface area contributed by atoms with Crippen LogP contribution >= 0.6 is 0 Å². The van der Waals surface area contributed by atoms with Crippen molar-refractivity contribution < 1.29 is 18.8 Å². The predicted molar refractivity (Wildman–Crippen MR) is 162 cm³/mol. The highest BCUT2D eigenvalue weighted by atomic mass is 19.1. The van der Waals surface area contributed by atoms with Gasteiger partial charge in [0.05, 0.1) is 17.3 Å². The van der Waals surface area contributed by atoms with Crippen LogP contribution in [0, 0.1) is 5.82 Å². The first-order valence-electron chi connectivity index (χ1n) is 13.2. The van der Waals surface area contributed by atoms with Crippen LogP contribution in [-0.4, -0.2) is 32.7 Å². The SMILES string of the molecule is NCc1c(NC(=O)c2ccc(F)cc2)cccc1-c1ccc(C(N)=O)c2[nH]c3cc(NC(=O)c4cnccn4)ccc3c12. The molecule has 2 heterocycles. The molecule has 0 radical (unpaired) electrons. The molecule has 0 atom stereocenters. The lowest BCUT2D eigenvalue weighted by atomic mass is 9.92. The molecule has 0 unspecified atom stereocenters. The molecular weight excluding hydrogens is 549 g/mol. The molecule has 0 aliphatic carbocycles. The molecule has 0 bridgehead atoms. The summed E-state index contributed by atoms with van der Waals surface area (Å²) in [7, 11) is 0. The molecule has 0 aliphatic rings. The number of nitrogens with two attached hydrogens (primary N) is 2. The number of benzene rings is 4. The number of aromatic nitrogens is 3. The van der Waals surface area contributed by atoms with Gasteiger partial charge in [0.1, 0.15) is 11.5 Å². The van der Waals surface area contributed by atoms with Crippen LogP contribution in [0.5, 0.6) is 0 Å². The van der Waals surface area contributed by atoms with Crippen LogP contribution in [0.4, 0.5) is 15.8 Å². The van der Waals surface area contributed by atoms with Crippen molar-refractivity contribution in [1.82, 2.24) is 15.0 Å². The summed E-state index contributed by atoms with van der Waals surface area (Å²) in [5, 5.41) is 7.18. The molecule has 0 aliphatic heterocycles. The van der Waals surface area contributed by atoms with Crippen LogP contribution in [0.25, 0.3) is 32.9 Å². The second-order valence-corrected chi connectivity index (χ2v) is 9.70. The van der Waals surface area contributed by atoms with Gasteiger partial charge < -0.3 is 27.1 Å². The predicted octanol–water partition coefficient (Wildman–Crippen LogP) is 4.98. The first kappa shape index (κ1) is 27.2. The monoisotopic (exact) mass is 573 g/mol. The van der Waals surface area contributed by atoms with Crippen LogP contribution in [0.2, 0.25) is 0 Å². The van der Waals surface area contributed by atoms with E-state index in [4.69, 9.17) is 11.5 Å². The highest BCUT2D eigenvalue weighted by Gasteiger charge is 2.20. The normalized spacial score (nSPS) is 11.0. The highest BCUT2D eigenvalue weighted by molar-refractivity contribution is 6.20. The smallest absolute Gasteiger partial charge is 0.275 e. The van der Waals surface area contributed by atoms with E-state index in [9.17, 15) is 18.8 Å². The van der Waals surface area contributed by atoms with Crippen molar-refractivity contribution in [2.24, 2.45) is 11.5 Å². The van der Waals surface area contributed by atoms with Crippen molar-refractivity contribution in [3.05, 3.63) is 120 Å². The minimum atomic E-state index is -0.612. The number of primary amides is 1. The average molecular weight is 574 g/mol. The summed E-state index contributed by atoms with van der Waals surface area (Å²) in [5.74, 6) is -1.89. The largest absolute Gasteiger partial charge is 0.366 e. The van der Waals surface area contributed by atoms with E-state index in [0.717, 1.165) is 21.9 Å². The fourth-order valence-electron chi connectivity index (χ4n) is 5.10. The molecule has 4 aromatic carbocycles. The lowest BCUT2D eigenvalue weighted by Gasteiger charge is -2.16. The van der Waals surface area contributed by atoms with E-state index < -0.39 is 23.5 Å². The molecule has 2 aromatic heterocycles. The van der Waals surface area contributed by atoms with E-state index in [1.54, 1.807) is 36.4 Å². The molecule has 0 saturated carbocycles. The van der Waals surface area contributed by atoms with Crippen LogP contribution in [-0.2, 0) is 6.54 Å². The maximum Gasteiger partial charge on any atom is 0.275 e. The number of nitrogens with zero attached hydrogens (tertiary/aromatic N) is 2. The molecule has 11 heteroatoms. The molecule has 0 spiro atoms. The summed E-state index contributed by atoms with van der Waals surface area (Å²) in [6, 6.07) is 19.4. The standard InChI is InChI=1S/C32H24FN7O3/c33-18-6-4-17(5-7-18)31(42)40-25-3-1-2-20(24(25)15-34)21-10-11-23(30(35)41)29-28(21)22-9-8-19(14-26(22)39-29)38-32(43)27-16-36-12-13-37-27/h1-14,16,39H,15,34H2,(H2,35,41)(H,38,43)(H,40,42). The van der Waals surface area contributed by atoms with Gasteiger partial charge >= 0.3 is 0 Å². The molecule has 43 heavy (non-hydrogen) atoms. The van der Waals surface area contributed by atoms with Gasteiger partial charge in [0, 0.05) is 52.2 Å². The van der Waals surface area contributed by atoms with E-state index >= 15 is 0 Å². The molecule has 10 nitrogen and oxygen atoms in total. The van der Waals surface area contributed by atoms with E-state index in [0.29, 0.717) is 33.5 Å². The zero-order valence-corrected chi connectivity index (χ0v) is 22.5. The van der Waals surface area contributed by atoms with Gasteiger partial charge in [0.25, 0.3) is 17.7 Å². The van der Waals surface area contributed by atoms with Gasteiger partial charge in [-0.15, -0.1) is 0 Å². The Bertz CT molecular complexity index is 2040. The van der Waals surface area contributed by atoms with Crippen LogP contribution in [0.3, 0.4) is 0 Å². The van der Waals surface area contributed by atoms with Gasteiger partial charge in [-0.05, 0) is 65.2 Å². The molecule has 3 amide bonds. The van der Waals surface area contributed by atoms with E-state index in [-0.39, 0.29) is 17.8 Å². The highest BCUT2D eigenvalue weighted by Crippen LogP contribution is 2.40. The van der Waals surface area contributed by atoms with Crippen molar-refractivity contribution in [2.75, 3.05) is 10.6 Å². The topological polar surface area (TPSA) is 169 Å². The van der Waals surface area contributed by atoms with E-state index in [2.05, 4.69) is 25.6 Å². The molecule has 0 saturated heterocycles. The van der Waals surface area contributed by atoms with Crippen LogP contribution in [0.15, 0.2) is 91.4 Å². The third-order valence-corrected chi connectivity index (χ3v) is 7.10. The number of rotatable bonds is 7. The van der Waals surface area contributed by atoms with Crippen molar-refractivity contribution in [1.29, 1.82) is 0 Å². The summed E-state index contributed by atoms with van der Waals surface area (Å²) in [6.07, 6.45) is 4.28. The second-order valence-electron chi connectivity index (χ2n) is 9.70. The maximum atomic E-state index is 13.4. The Balaban J connectivity index is 1.45. The molecule has 212 valence electrons. The molecule has 6 rings (SSSR count). The number of aromatic amines is 1. The van der Waals surface area contributed by atoms with Gasteiger partial charge in [-0.3, -0.25) is 19.4 Å². The first-order valence-corrected chi connectivity index (χ1v) is 13.2. The van der Waals surface area contributed by atoms with E-state index in [1.807, 2.05) is 12.1 Å². The molecule has 6 aromatic rings. The van der Waals surface area contributed by atoms with Gasteiger partial charge in [0.2, 0.25) is 0 Å². The average Bonchev–Trinajstić information content (AvgIpc) is 3.40. The van der Waals surface area contributed by atoms with Crippen LogP contribution in [0.1, 0.15) is 36.8 Å². The Morgan fingerprint density at radius 1 is 0.884 bits per heavy atom. The van der Waals surface area contributed by atoms with Gasteiger partial charge in [-0.2, -0.15) is 0 Å². The summed E-state index contributed by atoms with van der Waals surface area (Å²) >= 11 is 0. The van der Waals surface area contributed by atoms with Crippen molar-refractivity contribution >= 4 is 50.9 Å². The quantitative estimate of drug-likeness (QED) is 0.180. The van der Waals surface area contributed by atoms with Crippen molar-refractivity contribution in [2.45, 2.75) is 6.54 Å². The Labute approximate surface area is 244 Å². The number of nitrogens with one attached hydrogen (secondary N) is 3. The van der Waals surface area contributed by atoms with Gasteiger partial charge in [0.15, 0.2) is 0 Å². The first-order chi connectivity index (χ1) is 20.8. The Morgan fingerprint density at radius 3 is 2.42 bits per heavy atom. The minimum absolute atomic E-state index is 0.0924. The lowest BCUT2D eigenvalue weighted by Crippen LogP contribution is -2.15. The Hall–Kier alpha value is -5.94. The van der Waals surface area contributed by atoms with Crippen molar-refractivity contribution in [3.63, 3.8) is 0 Å². The fraction of sp³-hybridized carbons (Fsp3) is 0.0312. The third kappa shape index (κ3) is 5.16. The minimum Gasteiger partial charge on any atom is -0.366 e. The summed E-state index contributed by atoms with van der Waals surface area (Å²) < 4.78 is 13.4. The summed E-state index contributed by atoms with van der Waals surface area (Å²) in [5.41, 5.74) is 17.0. The number of hydrogen-bond donors (Lipinski definition) is 5. The van der Waals surface area contributed by atoms with E-state index in [1.165, 1.54) is 42.9 Å². The number of anilines is 2. The zero-order valence-electron chi connectivity index (χ0n) is 22.5. The number of hydrogen-bond acceptors (Lipinski definition) is 6. The summed E-state index contributed by atoms with van der Waals surface area (Å²) in [6.45, 7) is 0.0924. The zero-order chi connectivity index (χ0) is 30.1. The maximum absolute atomic E-state index is 13.4. The van der Waals surface area contributed by atoms with Gasteiger partial charge in [-0.1, -0.05) is 24.3 Å². The summed E-state index contributed by atoms with van der Waals surface area (Å²) in [4.78, 5) is 49.2. The number of carbonyl (C=O) groups excluding carboxylic acids is 3. The number of H-pyrrole nitrogens is 1. The fourth-order valence-corrected chi connectivity index (χ4v) is 5.10. The Kier molecular flexibility index (Phi) is 7.06. The lowest BCUT2D eigenvalue weighted by molar-refractivity contribution is 0.0997. The number of carbonyl (C=O) groups is 3. The van der Waals surface area contributed by atoms with Gasteiger partial charge in [-0.25, -0.2) is 9.37 Å². The molecule has 7 N–H and O–H groups in total. The number of fused-ring (bicyclic) bond motifs is 3. The Morgan fingerprint density at radius 2 is 1.70 bits per heavy atom. The number of amides is 3. The molecular formula is C32H24FN7O3. The van der Waals surface area contributed by atoms with Crippen LogP contribution < -0.4 is 22.1 Å². The molecule has 0 fully saturated rings. The number of halogens is 1. The third-order valence-electron chi connectivity index (χ3n) is 7.10. The second kappa shape index (κ2) is 11.1. The van der Waals surface area contributed by atoms with Crippen molar-refractivity contribution in [3.8, 4) is 11.1 Å².